The fourth-order valence-corrected chi connectivity index (χ4v) is 3.01. The van der Waals surface area contributed by atoms with Gasteiger partial charge in [0.1, 0.15) is 11.4 Å². The number of hydrogen-bond donors (Lipinski definition) is 0. The first-order chi connectivity index (χ1) is 11.3. The molecule has 6 heteroatoms. The van der Waals surface area contributed by atoms with Gasteiger partial charge in [-0.2, -0.15) is 0 Å². The molecule has 0 radical (unpaired) electrons. The van der Waals surface area contributed by atoms with Crippen LogP contribution in [-0.2, 0) is 14.3 Å². The van der Waals surface area contributed by atoms with Gasteiger partial charge in [-0.1, -0.05) is 18.2 Å². The molecule has 1 amide bonds. The second kappa shape index (κ2) is 7.11. The van der Waals surface area contributed by atoms with E-state index in [0.717, 1.165) is 5.56 Å². The van der Waals surface area contributed by atoms with Crippen LogP contribution in [0.3, 0.4) is 0 Å². The van der Waals surface area contributed by atoms with E-state index in [-0.39, 0.29) is 5.97 Å². The van der Waals surface area contributed by atoms with Gasteiger partial charge in [0.25, 0.3) is 0 Å². The summed E-state index contributed by atoms with van der Waals surface area (Å²) in [5.41, 5.74) is 0.171. The summed E-state index contributed by atoms with van der Waals surface area (Å²) < 4.78 is 15.9. The van der Waals surface area contributed by atoms with Crippen LogP contribution in [-0.4, -0.2) is 43.3 Å². The summed E-state index contributed by atoms with van der Waals surface area (Å²) in [7, 11) is 2.93. The Morgan fingerprint density at radius 3 is 2.42 bits per heavy atom. The lowest BCUT2D eigenvalue weighted by Gasteiger charge is -2.31. The molecule has 0 N–H and O–H groups in total. The molecule has 0 aliphatic carbocycles. The predicted octanol–water partition coefficient (Wildman–Crippen LogP) is 3.17. The van der Waals surface area contributed by atoms with Crippen LogP contribution in [0.2, 0.25) is 0 Å². The summed E-state index contributed by atoms with van der Waals surface area (Å²) in [6.45, 7) is 5.88. The third kappa shape index (κ3) is 3.80. The van der Waals surface area contributed by atoms with Crippen molar-refractivity contribution in [3.05, 3.63) is 29.8 Å². The molecule has 2 rings (SSSR count). The molecule has 1 aromatic rings. The molecule has 1 aliphatic heterocycles. The van der Waals surface area contributed by atoms with Gasteiger partial charge in [0.2, 0.25) is 0 Å². The molecule has 0 aromatic heterocycles. The van der Waals surface area contributed by atoms with E-state index in [9.17, 15) is 9.59 Å². The molecular weight excluding hydrogens is 310 g/mol. The Balaban J connectivity index is 2.40. The summed E-state index contributed by atoms with van der Waals surface area (Å²) >= 11 is 0. The van der Waals surface area contributed by atoms with Crippen molar-refractivity contribution in [1.82, 2.24) is 4.90 Å². The van der Waals surface area contributed by atoms with Gasteiger partial charge in [-0.05, 0) is 33.3 Å². The first kappa shape index (κ1) is 18.1. The summed E-state index contributed by atoms with van der Waals surface area (Å²) in [6.07, 6.45) is 0.0825. The van der Waals surface area contributed by atoms with Crippen LogP contribution in [0.4, 0.5) is 4.79 Å². The first-order valence-electron chi connectivity index (χ1n) is 7.99. The summed E-state index contributed by atoms with van der Waals surface area (Å²) in [5, 5.41) is 0. The minimum Gasteiger partial charge on any atom is -0.496 e. The zero-order chi connectivity index (χ0) is 17.9. The zero-order valence-corrected chi connectivity index (χ0v) is 14.9. The lowest BCUT2D eigenvalue weighted by Crippen LogP contribution is -2.38. The van der Waals surface area contributed by atoms with Crippen LogP contribution in [0, 0.1) is 5.92 Å². The quantitative estimate of drug-likeness (QED) is 0.794. The molecule has 2 atom stereocenters. The molecule has 1 aromatic carbocycles. The van der Waals surface area contributed by atoms with Gasteiger partial charge in [-0.15, -0.1) is 0 Å². The fourth-order valence-electron chi connectivity index (χ4n) is 3.01. The normalized spacial score (nSPS) is 20.6. The second-order valence-corrected chi connectivity index (χ2v) is 6.78. The van der Waals surface area contributed by atoms with Gasteiger partial charge in [-0.3, -0.25) is 4.79 Å². The van der Waals surface area contributed by atoms with Crippen molar-refractivity contribution in [2.75, 3.05) is 20.8 Å². The number of nitrogens with zero attached hydrogens (tertiary/aromatic N) is 1. The smallest absolute Gasteiger partial charge is 0.410 e. The summed E-state index contributed by atoms with van der Waals surface area (Å²) in [6, 6.07) is 6.92. The maximum Gasteiger partial charge on any atom is 0.410 e. The predicted molar refractivity (Wildman–Crippen MR) is 88.8 cm³/mol. The molecule has 0 unspecified atom stereocenters. The summed E-state index contributed by atoms with van der Waals surface area (Å²) in [5.74, 6) is -0.150. The van der Waals surface area contributed by atoms with Crippen LogP contribution >= 0.6 is 0 Å². The maximum absolute atomic E-state index is 12.6. The van der Waals surface area contributed by atoms with E-state index in [0.29, 0.717) is 18.7 Å². The van der Waals surface area contributed by atoms with Crippen LogP contribution < -0.4 is 4.74 Å². The first-order valence-corrected chi connectivity index (χ1v) is 7.99. The molecule has 6 nitrogen and oxygen atoms in total. The number of hydrogen-bond acceptors (Lipinski definition) is 5. The molecule has 1 fully saturated rings. The number of ether oxygens (including phenoxy) is 3. The lowest BCUT2D eigenvalue weighted by atomic mass is 9.93. The Morgan fingerprint density at radius 2 is 1.83 bits per heavy atom. The minimum atomic E-state index is -0.605. The van der Waals surface area contributed by atoms with E-state index in [2.05, 4.69) is 0 Å². The number of methoxy groups -OCH3 is 2. The van der Waals surface area contributed by atoms with Crippen LogP contribution in [0.15, 0.2) is 24.3 Å². The Kier molecular flexibility index (Phi) is 5.36. The van der Waals surface area contributed by atoms with E-state index in [1.807, 2.05) is 45.0 Å². The Hall–Kier alpha value is -2.24. The van der Waals surface area contributed by atoms with E-state index in [1.54, 1.807) is 12.0 Å². The molecule has 0 spiro atoms. The third-order valence-corrected chi connectivity index (χ3v) is 3.99. The molecule has 1 saturated heterocycles. The number of likely N-dealkylation sites (tertiary alicyclic amines) is 1. The van der Waals surface area contributed by atoms with Crippen LogP contribution in [0.1, 0.15) is 38.8 Å². The van der Waals surface area contributed by atoms with Crippen molar-refractivity contribution >= 4 is 12.1 Å². The topological polar surface area (TPSA) is 65.1 Å². The zero-order valence-electron chi connectivity index (χ0n) is 14.9. The van der Waals surface area contributed by atoms with Crippen LogP contribution in [0.5, 0.6) is 5.75 Å². The molecular formula is C18H25NO5. The van der Waals surface area contributed by atoms with Crippen molar-refractivity contribution in [2.24, 2.45) is 5.92 Å². The fraction of sp³-hybridized carbons (Fsp3) is 0.556. The lowest BCUT2D eigenvalue weighted by molar-refractivity contribution is -0.146. The van der Waals surface area contributed by atoms with E-state index in [1.165, 1.54) is 7.11 Å². The largest absolute Gasteiger partial charge is 0.496 e. The number of para-hydroxylation sites is 1. The highest BCUT2D eigenvalue weighted by atomic mass is 16.6. The highest BCUT2D eigenvalue weighted by molar-refractivity contribution is 5.77. The molecule has 1 aliphatic rings. The average Bonchev–Trinajstić information content (AvgIpc) is 2.97. The summed E-state index contributed by atoms with van der Waals surface area (Å²) in [4.78, 5) is 26.4. The van der Waals surface area contributed by atoms with Crippen molar-refractivity contribution in [3.8, 4) is 5.75 Å². The monoisotopic (exact) mass is 335 g/mol. The Bertz CT molecular complexity index is 608. The number of carbonyl (C=O) groups excluding carboxylic acids is 2. The molecule has 24 heavy (non-hydrogen) atoms. The highest BCUT2D eigenvalue weighted by Gasteiger charge is 2.45. The standard InChI is InChI=1S/C18H25NO5/c1-18(2,3)24-17(21)19-11-10-13(16(20)23-5)15(19)12-8-6-7-9-14(12)22-4/h6-9,13,15H,10-11H2,1-5H3/t13-,15-/m0/s1. The number of rotatable bonds is 3. The van der Waals surface area contributed by atoms with Gasteiger partial charge in [0.05, 0.1) is 26.2 Å². The number of amides is 1. The number of esters is 1. The van der Waals surface area contributed by atoms with Crippen molar-refractivity contribution < 1.29 is 23.8 Å². The van der Waals surface area contributed by atoms with Gasteiger partial charge < -0.3 is 19.1 Å². The Morgan fingerprint density at radius 1 is 1.17 bits per heavy atom. The van der Waals surface area contributed by atoms with Gasteiger partial charge in [-0.25, -0.2) is 4.79 Å². The SMILES string of the molecule is COC(=O)[C@H]1CCN(C(=O)OC(C)(C)C)[C@H]1c1ccccc1OC. The number of benzene rings is 1. The minimum absolute atomic E-state index is 0.336. The third-order valence-electron chi connectivity index (χ3n) is 3.99. The highest BCUT2D eigenvalue weighted by Crippen LogP contribution is 2.42. The second-order valence-electron chi connectivity index (χ2n) is 6.78. The average molecular weight is 335 g/mol. The van der Waals surface area contributed by atoms with Gasteiger partial charge in [0, 0.05) is 12.1 Å². The molecule has 1 heterocycles. The van der Waals surface area contributed by atoms with Gasteiger partial charge >= 0.3 is 12.1 Å². The molecule has 0 bridgehead atoms. The van der Waals surface area contributed by atoms with Crippen molar-refractivity contribution in [2.45, 2.75) is 38.8 Å². The molecule has 132 valence electrons. The number of carbonyl (C=O) groups is 2. The van der Waals surface area contributed by atoms with E-state index >= 15 is 0 Å². The van der Waals surface area contributed by atoms with E-state index < -0.39 is 23.7 Å². The van der Waals surface area contributed by atoms with Crippen molar-refractivity contribution in [1.29, 1.82) is 0 Å². The van der Waals surface area contributed by atoms with Gasteiger partial charge in [0.15, 0.2) is 0 Å². The van der Waals surface area contributed by atoms with Crippen molar-refractivity contribution in [3.63, 3.8) is 0 Å². The maximum atomic E-state index is 12.6. The molecule has 0 saturated carbocycles. The Labute approximate surface area is 142 Å². The van der Waals surface area contributed by atoms with E-state index in [4.69, 9.17) is 14.2 Å². The van der Waals surface area contributed by atoms with Crippen LogP contribution in [0.25, 0.3) is 0 Å².